The summed E-state index contributed by atoms with van der Waals surface area (Å²) in [6.07, 6.45) is 1.72. The minimum atomic E-state index is -0.00986. The van der Waals surface area contributed by atoms with Crippen LogP contribution in [0, 0.1) is 6.92 Å². The van der Waals surface area contributed by atoms with Crippen LogP contribution in [0.2, 0.25) is 0 Å². The monoisotopic (exact) mass is 266 g/mol. The van der Waals surface area contributed by atoms with Gasteiger partial charge in [-0.25, -0.2) is 0 Å². The van der Waals surface area contributed by atoms with Crippen molar-refractivity contribution in [2.75, 3.05) is 33.3 Å². The van der Waals surface area contributed by atoms with E-state index in [2.05, 4.69) is 6.58 Å². The lowest BCUT2D eigenvalue weighted by atomic mass is 10.3. The van der Waals surface area contributed by atoms with Crippen LogP contribution in [0.1, 0.15) is 11.5 Å². The van der Waals surface area contributed by atoms with E-state index in [0.29, 0.717) is 19.6 Å². The van der Waals surface area contributed by atoms with Crippen molar-refractivity contribution >= 4 is 5.91 Å². The Morgan fingerprint density at radius 3 is 2.79 bits per heavy atom. The maximum atomic E-state index is 12.0. The normalized spacial score (nSPS) is 10.7. The molecule has 0 saturated carbocycles. The number of nitrogens with zero attached hydrogens (tertiary/aromatic N) is 2. The molecule has 1 N–H and O–H groups in total. The number of hydrogen-bond donors (Lipinski definition) is 1. The molecule has 0 aliphatic carbocycles. The Kier molecular flexibility index (Phi) is 6.32. The number of likely N-dealkylation sites (N-methyl/N-ethyl adjacent to an activating group) is 1. The first-order chi connectivity index (χ1) is 9.06. The molecular formula is C14H22N2O3. The smallest absolute Gasteiger partial charge is 0.236 e. The van der Waals surface area contributed by atoms with Crippen molar-refractivity contribution in [3.63, 3.8) is 0 Å². The number of rotatable bonds is 8. The molecule has 0 radical (unpaired) electrons. The van der Waals surface area contributed by atoms with E-state index in [1.165, 1.54) is 0 Å². The highest BCUT2D eigenvalue weighted by Gasteiger charge is 2.14. The molecule has 0 saturated heterocycles. The number of carbonyl (C=O) groups is 1. The van der Waals surface area contributed by atoms with E-state index in [0.717, 1.165) is 11.5 Å². The minimum Gasteiger partial charge on any atom is -0.464 e. The molecule has 1 heterocycles. The van der Waals surface area contributed by atoms with Gasteiger partial charge in [-0.15, -0.1) is 6.58 Å². The number of aliphatic hydroxyl groups is 1. The van der Waals surface area contributed by atoms with Gasteiger partial charge in [0.15, 0.2) is 0 Å². The summed E-state index contributed by atoms with van der Waals surface area (Å²) in [6, 6.07) is 3.75. The summed E-state index contributed by atoms with van der Waals surface area (Å²) in [7, 11) is 1.74. The fraction of sp³-hybridized carbons (Fsp3) is 0.500. The average molecular weight is 266 g/mol. The zero-order chi connectivity index (χ0) is 14.3. The zero-order valence-corrected chi connectivity index (χ0v) is 11.6. The van der Waals surface area contributed by atoms with Crippen LogP contribution in [0.15, 0.2) is 29.2 Å². The Morgan fingerprint density at radius 1 is 1.53 bits per heavy atom. The number of aryl methyl sites for hydroxylation is 1. The van der Waals surface area contributed by atoms with Crippen LogP contribution in [0.5, 0.6) is 0 Å². The molecule has 1 amide bonds. The molecule has 0 fully saturated rings. The molecule has 19 heavy (non-hydrogen) atoms. The highest BCUT2D eigenvalue weighted by molar-refractivity contribution is 5.77. The van der Waals surface area contributed by atoms with E-state index in [1.807, 2.05) is 24.0 Å². The van der Waals surface area contributed by atoms with E-state index in [-0.39, 0.29) is 19.1 Å². The maximum absolute atomic E-state index is 12.0. The molecule has 1 rings (SSSR count). The quantitative estimate of drug-likeness (QED) is 0.714. The lowest BCUT2D eigenvalue weighted by Gasteiger charge is -2.22. The second-order valence-electron chi connectivity index (χ2n) is 4.51. The maximum Gasteiger partial charge on any atom is 0.236 e. The van der Waals surface area contributed by atoms with Crippen molar-refractivity contribution in [1.82, 2.24) is 9.80 Å². The molecule has 0 aromatic carbocycles. The van der Waals surface area contributed by atoms with Crippen LogP contribution < -0.4 is 0 Å². The second kappa shape index (κ2) is 7.76. The summed E-state index contributed by atoms with van der Waals surface area (Å²) < 4.78 is 5.44. The first-order valence-corrected chi connectivity index (χ1v) is 6.30. The Morgan fingerprint density at radius 2 is 2.26 bits per heavy atom. The van der Waals surface area contributed by atoms with Crippen molar-refractivity contribution in [3.05, 3.63) is 36.3 Å². The van der Waals surface area contributed by atoms with Crippen LogP contribution in [0.4, 0.5) is 0 Å². The first kappa shape index (κ1) is 15.5. The summed E-state index contributed by atoms with van der Waals surface area (Å²) >= 11 is 0. The molecule has 1 aromatic rings. The van der Waals surface area contributed by atoms with Crippen LogP contribution in [0.3, 0.4) is 0 Å². The van der Waals surface area contributed by atoms with E-state index in [1.54, 1.807) is 18.0 Å². The van der Waals surface area contributed by atoms with Crippen LogP contribution in [-0.2, 0) is 11.3 Å². The molecule has 0 unspecified atom stereocenters. The van der Waals surface area contributed by atoms with Gasteiger partial charge in [-0.05, 0) is 19.1 Å². The molecule has 0 atom stereocenters. The van der Waals surface area contributed by atoms with Crippen LogP contribution in [-0.4, -0.2) is 54.1 Å². The molecule has 106 valence electrons. The Hall–Kier alpha value is -1.59. The third-order valence-electron chi connectivity index (χ3n) is 2.78. The Bertz CT molecular complexity index is 415. The van der Waals surface area contributed by atoms with Gasteiger partial charge in [0.25, 0.3) is 0 Å². The summed E-state index contributed by atoms with van der Waals surface area (Å²) in [5, 5.41) is 8.94. The predicted octanol–water partition coefficient (Wildman–Crippen LogP) is 1.03. The zero-order valence-electron chi connectivity index (χ0n) is 11.6. The minimum absolute atomic E-state index is 0.00986. The molecule has 0 aliphatic heterocycles. The van der Waals surface area contributed by atoms with Crippen LogP contribution in [0.25, 0.3) is 0 Å². The van der Waals surface area contributed by atoms with Gasteiger partial charge >= 0.3 is 0 Å². The van der Waals surface area contributed by atoms with E-state index in [9.17, 15) is 4.79 Å². The number of hydrogen-bond acceptors (Lipinski definition) is 4. The predicted molar refractivity (Wildman–Crippen MR) is 73.6 cm³/mol. The fourth-order valence-corrected chi connectivity index (χ4v) is 1.76. The van der Waals surface area contributed by atoms with Gasteiger partial charge in [-0.3, -0.25) is 9.69 Å². The standard InChI is InChI=1S/C14H22N2O3/c1-4-7-16(8-9-17)11-14(18)15(3)10-13-6-5-12(2)19-13/h4-6,17H,1,7-11H2,2-3H3. The Labute approximate surface area is 114 Å². The lowest BCUT2D eigenvalue weighted by Crippen LogP contribution is -2.39. The molecule has 1 aromatic heterocycles. The highest BCUT2D eigenvalue weighted by atomic mass is 16.3. The number of aliphatic hydroxyl groups excluding tert-OH is 1. The van der Waals surface area contributed by atoms with E-state index < -0.39 is 0 Å². The summed E-state index contributed by atoms with van der Waals surface area (Å²) in [5.74, 6) is 1.60. The average Bonchev–Trinajstić information content (AvgIpc) is 2.75. The molecule has 0 aliphatic rings. The summed E-state index contributed by atoms with van der Waals surface area (Å²) in [4.78, 5) is 15.5. The number of amides is 1. The van der Waals surface area contributed by atoms with Crippen molar-refractivity contribution in [3.8, 4) is 0 Å². The number of furan rings is 1. The van der Waals surface area contributed by atoms with Gasteiger partial charge in [0, 0.05) is 20.1 Å². The van der Waals surface area contributed by atoms with E-state index in [4.69, 9.17) is 9.52 Å². The van der Waals surface area contributed by atoms with Crippen LogP contribution >= 0.6 is 0 Å². The highest BCUT2D eigenvalue weighted by Crippen LogP contribution is 2.08. The van der Waals surface area contributed by atoms with Crippen molar-refractivity contribution < 1.29 is 14.3 Å². The molecular weight excluding hydrogens is 244 g/mol. The third-order valence-corrected chi connectivity index (χ3v) is 2.78. The molecule has 0 bridgehead atoms. The third kappa shape index (κ3) is 5.28. The van der Waals surface area contributed by atoms with E-state index >= 15 is 0 Å². The van der Waals surface area contributed by atoms with Gasteiger partial charge in [-0.1, -0.05) is 6.08 Å². The van der Waals surface area contributed by atoms with Gasteiger partial charge in [0.2, 0.25) is 5.91 Å². The Balaban J connectivity index is 2.48. The SMILES string of the molecule is C=CCN(CCO)CC(=O)N(C)Cc1ccc(C)o1. The van der Waals surface area contributed by atoms with Crippen molar-refractivity contribution in [2.24, 2.45) is 0 Å². The lowest BCUT2D eigenvalue weighted by molar-refractivity contribution is -0.131. The topological polar surface area (TPSA) is 56.9 Å². The van der Waals surface area contributed by atoms with Crippen molar-refractivity contribution in [1.29, 1.82) is 0 Å². The first-order valence-electron chi connectivity index (χ1n) is 6.30. The summed E-state index contributed by atoms with van der Waals surface area (Å²) in [6.45, 7) is 7.31. The van der Waals surface area contributed by atoms with Gasteiger partial charge in [0.05, 0.1) is 19.7 Å². The van der Waals surface area contributed by atoms with Gasteiger partial charge < -0.3 is 14.4 Å². The molecule has 0 spiro atoms. The van der Waals surface area contributed by atoms with Gasteiger partial charge in [0.1, 0.15) is 11.5 Å². The summed E-state index contributed by atoms with van der Waals surface area (Å²) in [5.41, 5.74) is 0. The largest absolute Gasteiger partial charge is 0.464 e. The van der Waals surface area contributed by atoms with Gasteiger partial charge in [-0.2, -0.15) is 0 Å². The molecule has 5 heteroatoms. The second-order valence-corrected chi connectivity index (χ2v) is 4.51. The van der Waals surface area contributed by atoms with Crippen molar-refractivity contribution in [2.45, 2.75) is 13.5 Å². The fourth-order valence-electron chi connectivity index (χ4n) is 1.76. The molecule has 5 nitrogen and oxygen atoms in total. The number of carbonyl (C=O) groups excluding carboxylic acids is 1.